The maximum absolute atomic E-state index is 11.1. The highest BCUT2D eigenvalue weighted by Crippen LogP contribution is 2.30. The van der Waals surface area contributed by atoms with Gasteiger partial charge in [-0.05, 0) is 19.1 Å². The van der Waals surface area contributed by atoms with Crippen LogP contribution in [0.2, 0.25) is 0 Å². The molecule has 0 bridgehead atoms. The Kier molecular flexibility index (Phi) is 5.42. The molecular formula is C14H14O5. The summed E-state index contributed by atoms with van der Waals surface area (Å²) in [5.74, 6) is 4.74. The first-order valence-corrected chi connectivity index (χ1v) is 5.63. The van der Waals surface area contributed by atoms with Gasteiger partial charge in [-0.2, -0.15) is 0 Å². The van der Waals surface area contributed by atoms with Gasteiger partial charge < -0.3 is 14.6 Å². The lowest BCUT2D eigenvalue weighted by atomic mass is 10.1. The van der Waals surface area contributed by atoms with E-state index in [2.05, 4.69) is 11.8 Å². The highest BCUT2D eigenvalue weighted by molar-refractivity contribution is 5.78. The Morgan fingerprint density at radius 1 is 1.47 bits per heavy atom. The first-order chi connectivity index (χ1) is 9.12. The number of carbonyl (C=O) groups excluding carboxylic acids is 2. The number of benzene rings is 1. The molecule has 0 fully saturated rings. The van der Waals surface area contributed by atoms with E-state index in [-0.39, 0.29) is 23.5 Å². The van der Waals surface area contributed by atoms with E-state index in [4.69, 9.17) is 9.47 Å². The van der Waals surface area contributed by atoms with Crippen LogP contribution in [0, 0.1) is 11.8 Å². The van der Waals surface area contributed by atoms with Crippen LogP contribution in [0.25, 0.3) is 0 Å². The van der Waals surface area contributed by atoms with Crippen LogP contribution in [0.4, 0.5) is 0 Å². The maximum atomic E-state index is 11.1. The number of methoxy groups -OCH3 is 1. The first kappa shape index (κ1) is 14.6. The second kappa shape index (κ2) is 7.07. The Morgan fingerprint density at radius 2 is 2.21 bits per heavy atom. The van der Waals surface area contributed by atoms with E-state index < -0.39 is 5.97 Å². The van der Waals surface area contributed by atoms with Gasteiger partial charge >= 0.3 is 5.97 Å². The van der Waals surface area contributed by atoms with Gasteiger partial charge in [0, 0.05) is 5.56 Å². The van der Waals surface area contributed by atoms with Crippen molar-refractivity contribution in [3.8, 4) is 23.3 Å². The van der Waals surface area contributed by atoms with Gasteiger partial charge in [0.05, 0.1) is 19.3 Å². The average molecular weight is 262 g/mol. The molecule has 0 amide bonds. The van der Waals surface area contributed by atoms with Crippen LogP contribution in [-0.2, 0) is 9.53 Å². The van der Waals surface area contributed by atoms with Gasteiger partial charge in [0.2, 0.25) is 0 Å². The van der Waals surface area contributed by atoms with Crippen molar-refractivity contribution in [3.63, 3.8) is 0 Å². The zero-order chi connectivity index (χ0) is 14.3. The SMILES string of the molecule is CCOC(=O)CC#Cc1cc(C=O)cc(OC)c1O. The number of carbonyl (C=O) groups is 2. The molecule has 5 heteroatoms. The van der Waals surface area contributed by atoms with Crippen molar-refractivity contribution >= 4 is 12.3 Å². The van der Waals surface area contributed by atoms with E-state index in [9.17, 15) is 14.7 Å². The monoisotopic (exact) mass is 262 g/mol. The van der Waals surface area contributed by atoms with Crippen molar-refractivity contribution in [2.45, 2.75) is 13.3 Å². The second-order valence-corrected chi connectivity index (χ2v) is 3.52. The molecule has 0 saturated carbocycles. The summed E-state index contributed by atoms with van der Waals surface area (Å²) < 4.78 is 9.64. The Morgan fingerprint density at radius 3 is 2.79 bits per heavy atom. The molecule has 1 N–H and O–H groups in total. The number of phenols is 1. The summed E-state index contributed by atoms with van der Waals surface area (Å²) in [5, 5.41) is 9.82. The van der Waals surface area contributed by atoms with Crippen molar-refractivity contribution < 1.29 is 24.2 Å². The molecule has 1 aromatic carbocycles. The van der Waals surface area contributed by atoms with Crippen LogP contribution in [0.3, 0.4) is 0 Å². The molecule has 5 nitrogen and oxygen atoms in total. The van der Waals surface area contributed by atoms with Gasteiger partial charge in [0.15, 0.2) is 11.5 Å². The van der Waals surface area contributed by atoms with Crippen molar-refractivity contribution in [2.75, 3.05) is 13.7 Å². The fourth-order valence-electron chi connectivity index (χ4n) is 1.37. The molecule has 0 aliphatic heterocycles. The van der Waals surface area contributed by atoms with Crippen LogP contribution < -0.4 is 4.74 Å². The summed E-state index contributed by atoms with van der Waals surface area (Å²) in [6.45, 7) is 2.00. The first-order valence-electron chi connectivity index (χ1n) is 5.63. The Balaban J connectivity index is 2.97. The summed E-state index contributed by atoms with van der Waals surface area (Å²) in [4.78, 5) is 21.8. The van der Waals surface area contributed by atoms with Crippen molar-refractivity contribution in [1.29, 1.82) is 0 Å². The average Bonchev–Trinajstić information content (AvgIpc) is 2.41. The van der Waals surface area contributed by atoms with Gasteiger partial charge in [0.1, 0.15) is 12.7 Å². The van der Waals surface area contributed by atoms with E-state index in [0.717, 1.165) is 0 Å². The predicted molar refractivity (Wildman–Crippen MR) is 68.2 cm³/mol. The van der Waals surface area contributed by atoms with E-state index in [0.29, 0.717) is 18.5 Å². The number of ether oxygens (including phenoxy) is 2. The third-order valence-electron chi connectivity index (χ3n) is 2.21. The second-order valence-electron chi connectivity index (χ2n) is 3.52. The quantitative estimate of drug-likeness (QED) is 0.506. The lowest BCUT2D eigenvalue weighted by molar-refractivity contribution is -0.141. The molecule has 100 valence electrons. The van der Waals surface area contributed by atoms with Crippen molar-refractivity contribution in [3.05, 3.63) is 23.3 Å². The zero-order valence-electron chi connectivity index (χ0n) is 10.7. The van der Waals surface area contributed by atoms with Gasteiger partial charge in [-0.15, -0.1) is 0 Å². The highest BCUT2D eigenvalue weighted by Gasteiger charge is 2.08. The van der Waals surface area contributed by atoms with Gasteiger partial charge in [-0.25, -0.2) is 0 Å². The van der Waals surface area contributed by atoms with Crippen molar-refractivity contribution in [2.24, 2.45) is 0 Å². The minimum Gasteiger partial charge on any atom is -0.503 e. The van der Waals surface area contributed by atoms with E-state index in [1.54, 1.807) is 6.92 Å². The van der Waals surface area contributed by atoms with Gasteiger partial charge in [-0.1, -0.05) is 11.8 Å². The Hall–Kier alpha value is -2.48. The fourth-order valence-corrected chi connectivity index (χ4v) is 1.37. The van der Waals surface area contributed by atoms with Crippen LogP contribution in [0.1, 0.15) is 29.3 Å². The number of phenolic OH excluding ortho intramolecular Hbond substituents is 1. The van der Waals surface area contributed by atoms with Crippen molar-refractivity contribution in [1.82, 2.24) is 0 Å². The van der Waals surface area contributed by atoms with Crippen LogP contribution in [0.15, 0.2) is 12.1 Å². The number of rotatable bonds is 4. The molecule has 0 atom stereocenters. The summed E-state index contributed by atoms with van der Waals surface area (Å²) in [5.41, 5.74) is 0.556. The molecule has 0 radical (unpaired) electrons. The number of hydrogen-bond donors (Lipinski definition) is 1. The fraction of sp³-hybridized carbons (Fsp3) is 0.286. The zero-order valence-corrected chi connectivity index (χ0v) is 10.7. The van der Waals surface area contributed by atoms with E-state index >= 15 is 0 Å². The van der Waals surface area contributed by atoms with Gasteiger partial charge in [0.25, 0.3) is 0 Å². The summed E-state index contributed by atoms with van der Waals surface area (Å²) >= 11 is 0. The summed E-state index contributed by atoms with van der Waals surface area (Å²) in [7, 11) is 1.37. The standard InChI is InChI=1S/C14H14O5/c1-3-19-13(16)6-4-5-11-7-10(9-15)8-12(18-2)14(11)17/h7-9,17H,3,6H2,1-2H3. The molecule has 0 spiro atoms. The molecule has 0 saturated heterocycles. The van der Waals surface area contributed by atoms with E-state index in [1.807, 2.05) is 0 Å². The maximum Gasteiger partial charge on any atom is 0.317 e. The number of aromatic hydroxyl groups is 1. The van der Waals surface area contributed by atoms with Crippen LogP contribution >= 0.6 is 0 Å². The van der Waals surface area contributed by atoms with Crippen LogP contribution in [-0.4, -0.2) is 31.1 Å². The molecule has 0 heterocycles. The largest absolute Gasteiger partial charge is 0.503 e. The van der Waals surface area contributed by atoms with Crippen LogP contribution in [0.5, 0.6) is 11.5 Å². The third-order valence-corrected chi connectivity index (χ3v) is 2.21. The normalized spacial score (nSPS) is 9.16. The lowest BCUT2D eigenvalue weighted by Crippen LogP contribution is -2.01. The number of aldehydes is 1. The minimum absolute atomic E-state index is 0.0824. The molecule has 19 heavy (non-hydrogen) atoms. The summed E-state index contributed by atoms with van der Waals surface area (Å²) in [6, 6.07) is 2.82. The number of hydrogen-bond acceptors (Lipinski definition) is 5. The highest BCUT2D eigenvalue weighted by atomic mass is 16.5. The molecular weight excluding hydrogens is 248 g/mol. The topological polar surface area (TPSA) is 72.8 Å². The Labute approximate surface area is 111 Å². The molecule has 0 aromatic heterocycles. The van der Waals surface area contributed by atoms with E-state index in [1.165, 1.54) is 19.2 Å². The Bertz CT molecular complexity index is 537. The van der Waals surface area contributed by atoms with Gasteiger partial charge in [-0.3, -0.25) is 9.59 Å². The third kappa shape index (κ3) is 4.03. The lowest BCUT2D eigenvalue weighted by Gasteiger charge is -2.05. The molecule has 0 unspecified atom stereocenters. The summed E-state index contributed by atoms with van der Waals surface area (Å²) in [6.07, 6.45) is 0.541. The number of esters is 1. The molecule has 0 aliphatic carbocycles. The molecule has 1 aromatic rings. The molecule has 1 rings (SSSR count). The molecule has 0 aliphatic rings. The smallest absolute Gasteiger partial charge is 0.317 e. The minimum atomic E-state index is -0.437. The predicted octanol–water partition coefficient (Wildman–Crippen LogP) is 1.52.